The molecule has 1 amide bonds. The van der Waals surface area contributed by atoms with E-state index in [0.717, 1.165) is 65.4 Å². The van der Waals surface area contributed by atoms with E-state index in [-0.39, 0.29) is 24.2 Å². The second kappa shape index (κ2) is 13.6. The fraction of sp³-hybridized carbons (Fsp3) is 0.265. The number of ether oxygens (including phenoxy) is 1. The Bertz CT molecular complexity index is 1830. The first-order valence-electron chi connectivity index (χ1n) is 14.8. The first kappa shape index (κ1) is 29.8. The first-order chi connectivity index (χ1) is 21.6. The minimum absolute atomic E-state index is 0.104. The van der Waals surface area contributed by atoms with Crippen molar-refractivity contribution in [2.75, 3.05) is 17.7 Å². The molecule has 10 heteroatoms. The standard InChI is InChI=1S/C34H33N5O3S2/c1-3-19-39-31(25-20-27(22-13-7-5-8-14-22)35-26-17-12-11-15-23(25)26)37-38-34(39)43-21-29(40)36-32-30(33(41)42-4-2)24-16-9-6-10-18-28(24)44-32/h3,5,7-8,11-15,17,20H,1,4,6,9-10,16,18-19,21H2,2H3,(H,36,40). The van der Waals surface area contributed by atoms with Crippen molar-refractivity contribution in [2.45, 2.75) is 50.7 Å². The molecule has 0 saturated heterocycles. The number of pyridine rings is 1. The van der Waals surface area contributed by atoms with E-state index in [0.29, 0.717) is 28.1 Å². The molecule has 0 saturated carbocycles. The summed E-state index contributed by atoms with van der Waals surface area (Å²) in [5.74, 6) is 0.194. The van der Waals surface area contributed by atoms with E-state index in [1.54, 1.807) is 13.0 Å². The van der Waals surface area contributed by atoms with E-state index in [2.05, 4.69) is 22.1 Å². The minimum atomic E-state index is -0.371. The molecular weight excluding hydrogens is 591 g/mol. The van der Waals surface area contributed by atoms with E-state index in [9.17, 15) is 9.59 Å². The average Bonchev–Trinajstić information content (AvgIpc) is 3.51. The summed E-state index contributed by atoms with van der Waals surface area (Å²) in [6.07, 6.45) is 6.79. The average molecular weight is 624 g/mol. The van der Waals surface area contributed by atoms with Gasteiger partial charge in [-0.1, -0.05) is 72.8 Å². The Hall–Kier alpha value is -4.28. The van der Waals surface area contributed by atoms with Crippen LogP contribution in [-0.2, 0) is 28.9 Å². The SMILES string of the molecule is C=CCn1c(SCC(=O)Nc2sc3c(c2C(=O)OCC)CCCCC3)nnc1-c1cc(-c2ccccc2)nc2ccccc12. The highest BCUT2D eigenvalue weighted by Crippen LogP contribution is 2.38. The number of allylic oxidation sites excluding steroid dienone is 1. The first-order valence-corrected chi connectivity index (χ1v) is 16.6. The number of nitrogens with one attached hydrogen (secondary N) is 1. The molecule has 0 spiro atoms. The topological polar surface area (TPSA) is 99.0 Å². The maximum Gasteiger partial charge on any atom is 0.341 e. The molecule has 0 radical (unpaired) electrons. The van der Waals surface area contributed by atoms with Gasteiger partial charge >= 0.3 is 5.97 Å². The van der Waals surface area contributed by atoms with Crippen LogP contribution in [0.1, 0.15) is 47.0 Å². The maximum atomic E-state index is 13.3. The number of carbonyl (C=O) groups is 2. The monoisotopic (exact) mass is 623 g/mol. The van der Waals surface area contributed by atoms with Crippen molar-refractivity contribution < 1.29 is 14.3 Å². The van der Waals surface area contributed by atoms with E-state index >= 15 is 0 Å². The van der Waals surface area contributed by atoms with Crippen molar-refractivity contribution in [3.8, 4) is 22.6 Å². The maximum absolute atomic E-state index is 13.3. The fourth-order valence-electron chi connectivity index (χ4n) is 5.55. The van der Waals surface area contributed by atoms with Gasteiger partial charge in [-0.05, 0) is 50.3 Å². The smallest absolute Gasteiger partial charge is 0.341 e. The normalized spacial score (nSPS) is 12.8. The Morgan fingerprint density at radius 1 is 1.07 bits per heavy atom. The van der Waals surface area contributed by atoms with Gasteiger partial charge in [-0.15, -0.1) is 28.1 Å². The Balaban J connectivity index is 1.28. The molecule has 0 unspecified atom stereocenters. The van der Waals surface area contributed by atoms with Gasteiger partial charge < -0.3 is 10.1 Å². The summed E-state index contributed by atoms with van der Waals surface area (Å²) in [6, 6.07) is 20.1. The molecule has 224 valence electrons. The summed E-state index contributed by atoms with van der Waals surface area (Å²) in [5, 5.41) is 14.2. The molecule has 0 atom stereocenters. The number of thiophene rings is 1. The number of anilines is 1. The summed E-state index contributed by atoms with van der Waals surface area (Å²) in [4.78, 5) is 32.3. The lowest BCUT2D eigenvalue weighted by Crippen LogP contribution is -2.17. The van der Waals surface area contributed by atoms with Gasteiger partial charge in [-0.2, -0.15) is 0 Å². The Labute approximate surface area is 264 Å². The van der Waals surface area contributed by atoms with Gasteiger partial charge in [-0.3, -0.25) is 9.36 Å². The summed E-state index contributed by atoms with van der Waals surface area (Å²) in [5.41, 5.74) is 5.16. The van der Waals surface area contributed by atoms with Crippen molar-refractivity contribution in [3.63, 3.8) is 0 Å². The molecule has 1 aliphatic carbocycles. The third kappa shape index (κ3) is 6.18. The highest BCUT2D eigenvalue weighted by atomic mass is 32.2. The molecule has 6 rings (SSSR count). The lowest BCUT2D eigenvalue weighted by Gasteiger charge is -2.12. The summed E-state index contributed by atoms with van der Waals surface area (Å²) < 4.78 is 7.35. The molecule has 44 heavy (non-hydrogen) atoms. The third-order valence-corrected chi connectivity index (χ3v) is 9.72. The molecule has 3 aromatic heterocycles. The number of benzene rings is 2. The molecule has 0 fully saturated rings. The van der Waals surface area contributed by atoms with Crippen LogP contribution >= 0.6 is 23.1 Å². The number of rotatable bonds is 10. The fourth-order valence-corrected chi connectivity index (χ4v) is 7.59. The zero-order valence-corrected chi connectivity index (χ0v) is 26.2. The highest BCUT2D eigenvalue weighted by molar-refractivity contribution is 7.99. The van der Waals surface area contributed by atoms with Gasteiger partial charge in [0.1, 0.15) is 5.00 Å². The molecule has 1 aliphatic rings. The van der Waals surface area contributed by atoms with Crippen LogP contribution in [0.25, 0.3) is 33.5 Å². The van der Waals surface area contributed by atoms with Crippen molar-refractivity contribution in [1.29, 1.82) is 0 Å². The number of aromatic nitrogens is 4. The van der Waals surface area contributed by atoms with E-state index in [1.165, 1.54) is 28.0 Å². The Morgan fingerprint density at radius 2 is 1.86 bits per heavy atom. The Morgan fingerprint density at radius 3 is 2.68 bits per heavy atom. The van der Waals surface area contributed by atoms with Crippen LogP contribution in [0.2, 0.25) is 0 Å². The van der Waals surface area contributed by atoms with Gasteiger partial charge in [0.15, 0.2) is 11.0 Å². The highest BCUT2D eigenvalue weighted by Gasteiger charge is 2.27. The molecule has 3 heterocycles. The van der Waals surface area contributed by atoms with Crippen LogP contribution < -0.4 is 5.32 Å². The molecule has 0 aliphatic heterocycles. The summed E-state index contributed by atoms with van der Waals surface area (Å²) in [7, 11) is 0. The van der Waals surface area contributed by atoms with Gasteiger partial charge in [0.25, 0.3) is 0 Å². The van der Waals surface area contributed by atoms with Crippen LogP contribution in [0.4, 0.5) is 5.00 Å². The molecular formula is C34H33N5O3S2. The minimum Gasteiger partial charge on any atom is -0.462 e. The van der Waals surface area contributed by atoms with Crippen molar-refractivity contribution >= 4 is 50.9 Å². The second-order valence-electron chi connectivity index (χ2n) is 10.5. The van der Waals surface area contributed by atoms with Crippen LogP contribution in [0.15, 0.2) is 78.5 Å². The van der Waals surface area contributed by atoms with Crippen LogP contribution in [0, 0.1) is 0 Å². The van der Waals surface area contributed by atoms with E-state index < -0.39 is 0 Å². The van der Waals surface area contributed by atoms with Gasteiger partial charge in [0.05, 0.1) is 29.1 Å². The second-order valence-corrected chi connectivity index (χ2v) is 12.5. The molecule has 8 nitrogen and oxygen atoms in total. The lowest BCUT2D eigenvalue weighted by atomic mass is 10.0. The van der Waals surface area contributed by atoms with Crippen molar-refractivity contribution in [1.82, 2.24) is 19.7 Å². The summed E-state index contributed by atoms with van der Waals surface area (Å²) in [6.45, 7) is 6.50. The number of aryl methyl sites for hydroxylation is 1. The quantitative estimate of drug-likeness (QED) is 0.0741. The molecule has 1 N–H and O–H groups in total. The number of esters is 1. The number of carbonyl (C=O) groups excluding carboxylic acids is 2. The number of thioether (sulfide) groups is 1. The molecule has 5 aromatic rings. The van der Waals surface area contributed by atoms with Gasteiger partial charge in [-0.25, -0.2) is 9.78 Å². The predicted octanol–water partition coefficient (Wildman–Crippen LogP) is 7.58. The van der Waals surface area contributed by atoms with Crippen molar-refractivity contribution in [2.24, 2.45) is 0 Å². The van der Waals surface area contributed by atoms with Crippen LogP contribution in [0.3, 0.4) is 0 Å². The predicted molar refractivity (Wildman–Crippen MR) is 177 cm³/mol. The lowest BCUT2D eigenvalue weighted by molar-refractivity contribution is -0.113. The third-order valence-electron chi connectivity index (χ3n) is 7.54. The zero-order chi connectivity index (χ0) is 30.5. The van der Waals surface area contributed by atoms with Gasteiger partial charge in [0.2, 0.25) is 5.91 Å². The molecule has 2 aromatic carbocycles. The van der Waals surface area contributed by atoms with Crippen LogP contribution in [-0.4, -0.2) is 44.0 Å². The number of fused-ring (bicyclic) bond motifs is 2. The number of nitrogens with zero attached hydrogens (tertiary/aromatic N) is 4. The van der Waals surface area contributed by atoms with Gasteiger partial charge in [0, 0.05) is 27.9 Å². The Kier molecular flexibility index (Phi) is 9.18. The number of hydrogen-bond acceptors (Lipinski definition) is 8. The zero-order valence-electron chi connectivity index (χ0n) is 24.5. The van der Waals surface area contributed by atoms with Crippen LogP contribution in [0.5, 0.6) is 0 Å². The molecule has 0 bridgehead atoms. The number of para-hydroxylation sites is 1. The van der Waals surface area contributed by atoms with E-state index in [4.69, 9.17) is 9.72 Å². The number of hydrogen-bond donors (Lipinski definition) is 1. The number of amides is 1. The van der Waals surface area contributed by atoms with E-state index in [1.807, 2.05) is 65.2 Å². The largest absolute Gasteiger partial charge is 0.462 e. The summed E-state index contributed by atoms with van der Waals surface area (Å²) >= 11 is 2.80. The van der Waals surface area contributed by atoms with Crippen molar-refractivity contribution in [3.05, 3.63) is 89.3 Å².